The summed E-state index contributed by atoms with van der Waals surface area (Å²) in [6.07, 6.45) is 10.3. The van der Waals surface area contributed by atoms with Gasteiger partial charge in [0.05, 0.1) is 0 Å². The van der Waals surface area contributed by atoms with E-state index in [0.717, 1.165) is 43.9 Å². The van der Waals surface area contributed by atoms with Crippen molar-refractivity contribution in [3.05, 3.63) is 12.7 Å². The molecule has 1 saturated heterocycles. The molecule has 0 aromatic heterocycles. The van der Waals surface area contributed by atoms with Gasteiger partial charge in [0.15, 0.2) is 0 Å². The second-order valence-electron chi connectivity index (χ2n) is 7.66. The van der Waals surface area contributed by atoms with Gasteiger partial charge in [-0.3, -0.25) is 9.69 Å². The standard InChI is InChI=1S/C17H26N2O.2C2H6/c1-2-16(20)18-3-5-19(6-4-18)17-10-13-7-14(11-17)9-15(8-13)12-17;2*1-2/h2,13-15H,1,3-12H2;2*1-2H3. The van der Waals surface area contributed by atoms with E-state index in [4.69, 9.17) is 0 Å². The molecule has 0 aromatic rings. The van der Waals surface area contributed by atoms with Crippen molar-refractivity contribution in [2.24, 2.45) is 17.8 Å². The zero-order valence-corrected chi connectivity index (χ0v) is 16.4. The molecule has 1 aliphatic heterocycles. The maximum Gasteiger partial charge on any atom is 0.246 e. The van der Waals surface area contributed by atoms with Gasteiger partial charge in [-0.1, -0.05) is 34.3 Å². The van der Waals surface area contributed by atoms with E-state index < -0.39 is 0 Å². The number of carbonyl (C=O) groups excluding carboxylic acids is 1. The Morgan fingerprint density at radius 2 is 1.29 bits per heavy atom. The molecule has 3 nitrogen and oxygen atoms in total. The topological polar surface area (TPSA) is 23.6 Å². The van der Waals surface area contributed by atoms with Crippen LogP contribution in [-0.2, 0) is 4.79 Å². The fourth-order valence-corrected chi connectivity index (χ4v) is 5.98. The van der Waals surface area contributed by atoms with E-state index in [0.29, 0.717) is 5.54 Å². The van der Waals surface area contributed by atoms with E-state index in [9.17, 15) is 4.79 Å². The molecular formula is C21H38N2O. The van der Waals surface area contributed by atoms with Crippen molar-refractivity contribution in [2.75, 3.05) is 26.2 Å². The Morgan fingerprint density at radius 3 is 1.67 bits per heavy atom. The third kappa shape index (κ3) is 3.71. The van der Waals surface area contributed by atoms with Gasteiger partial charge in [-0.25, -0.2) is 0 Å². The van der Waals surface area contributed by atoms with E-state index in [1.807, 2.05) is 32.6 Å². The first-order valence-electron chi connectivity index (χ1n) is 10.3. The molecule has 1 amide bonds. The zero-order chi connectivity index (χ0) is 17.7. The number of piperazine rings is 1. The highest BCUT2D eigenvalue weighted by Crippen LogP contribution is 2.57. The average Bonchev–Trinajstić information content (AvgIpc) is 2.63. The van der Waals surface area contributed by atoms with Gasteiger partial charge in [0.1, 0.15) is 0 Å². The van der Waals surface area contributed by atoms with Crippen LogP contribution in [0.4, 0.5) is 0 Å². The highest BCUT2D eigenvalue weighted by Gasteiger charge is 2.53. The van der Waals surface area contributed by atoms with E-state index in [-0.39, 0.29) is 5.91 Å². The van der Waals surface area contributed by atoms with Crippen molar-refractivity contribution in [1.82, 2.24) is 9.80 Å². The van der Waals surface area contributed by atoms with Crippen LogP contribution in [0.5, 0.6) is 0 Å². The van der Waals surface area contributed by atoms with Crippen LogP contribution in [-0.4, -0.2) is 47.4 Å². The summed E-state index contributed by atoms with van der Waals surface area (Å²) in [5.74, 6) is 3.13. The monoisotopic (exact) mass is 334 g/mol. The Hall–Kier alpha value is -0.830. The highest BCUT2D eigenvalue weighted by molar-refractivity contribution is 5.87. The molecule has 0 radical (unpaired) electrons. The number of amides is 1. The Morgan fingerprint density at radius 1 is 0.875 bits per heavy atom. The molecule has 0 aromatic carbocycles. The van der Waals surface area contributed by atoms with E-state index in [1.54, 1.807) is 0 Å². The molecular weight excluding hydrogens is 296 g/mol. The van der Waals surface area contributed by atoms with Crippen molar-refractivity contribution >= 4 is 5.91 Å². The summed E-state index contributed by atoms with van der Waals surface area (Å²) in [7, 11) is 0. The molecule has 0 spiro atoms. The number of nitrogens with zero attached hydrogens (tertiary/aromatic N) is 2. The molecule has 0 atom stereocenters. The number of carbonyl (C=O) groups is 1. The maximum atomic E-state index is 11.7. The van der Waals surface area contributed by atoms with Gasteiger partial charge in [-0.05, 0) is 62.4 Å². The fourth-order valence-electron chi connectivity index (χ4n) is 5.98. The van der Waals surface area contributed by atoms with Crippen LogP contribution in [0.2, 0.25) is 0 Å². The summed E-state index contributed by atoms with van der Waals surface area (Å²) in [5.41, 5.74) is 0.512. The van der Waals surface area contributed by atoms with Gasteiger partial charge in [-0.15, -0.1) is 0 Å². The van der Waals surface area contributed by atoms with Crippen LogP contribution in [0.1, 0.15) is 66.2 Å². The second kappa shape index (κ2) is 8.51. The first-order valence-corrected chi connectivity index (χ1v) is 10.3. The number of hydrogen-bond acceptors (Lipinski definition) is 2. The summed E-state index contributed by atoms with van der Waals surface area (Å²) in [6.45, 7) is 15.5. The minimum absolute atomic E-state index is 0.107. The lowest BCUT2D eigenvalue weighted by atomic mass is 9.52. The maximum absolute atomic E-state index is 11.7. The molecule has 5 fully saturated rings. The highest BCUT2D eigenvalue weighted by atomic mass is 16.2. The van der Waals surface area contributed by atoms with Crippen LogP contribution < -0.4 is 0 Å². The van der Waals surface area contributed by atoms with E-state index in [1.165, 1.54) is 44.6 Å². The molecule has 138 valence electrons. The molecule has 4 aliphatic carbocycles. The largest absolute Gasteiger partial charge is 0.337 e. The molecule has 4 bridgehead atoms. The molecule has 3 heteroatoms. The smallest absolute Gasteiger partial charge is 0.246 e. The van der Waals surface area contributed by atoms with Gasteiger partial charge < -0.3 is 4.90 Å². The van der Waals surface area contributed by atoms with Gasteiger partial charge in [0, 0.05) is 31.7 Å². The van der Waals surface area contributed by atoms with E-state index in [2.05, 4.69) is 11.5 Å². The van der Waals surface area contributed by atoms with Crippen molar-refractivity contribution < 1.29 is 4.79 Å². The first kappa shape index (κ1) is 19.5. The lowest BCUT2D eigenvalue weighted by molar-refractivity contribution is -0.133. The zero-order valence-electron chi connectivity index (χ0n) is 16.4. The lowest BCUT2D eigenvalue weighted by Crippen LogP contribution is -2.64. The Bertz CT molecular complexity index is 388. The van der Waals surface area contributed by atoms with Gasteiger partial charge in [-0.2, -0.15) is 0 Å². The van der Waals surface area contributed by atoms with Crippen molar-refractivity contribution in [1.29, 1.82) is 0 Å². The first-order chi connectivity index (χ1) is 11.7. The van der Waals surface area contributed by atoms with Gasteiger partial charge in [0.25, 0.3) is 0 Å². The summed E-state index contributed by atoms with van der Waals surface area (Å²) in [4.78, 5) is 16.4. The molecule has 5 aliphatic rings. The van der Waals surface area contributed by atoms with Gasteiger partial charge >= 0.3 is 0 Å². The molecule has 1 heterocycles. The van der Waals surface area contributed by atoms with E-state index >= 15 is 0 Å². The SMILES string of the molecule is C=CC(=O)N1CCN(C23CC4CC(CC(C4)C2)C3)CC1.CC.CC. The summed E-state index contributed by atoms with van der Waals surface area (Å²) < 4.78 is 0. The predicted octanol–water partition coefficient (Wildman–Crippen LogP) is 4.34. The Kier molecular flexibility index (Phi) is 6.91. The molecule has 4 saturated carbocycles. The van der Waals surface area contributed by atoms with Crippen LogP contribution in [0.3, 0.4) is 0 Å². The molecule has 0 unspecified atom stereocenters. The summed E-state index contributed by atoms with van der Waals surface area (Å²) in [5, 5.41) is 0. The van der Waals surface area contributed by atoms with Crippen LogP contribution in [0.25, 0.3) is 0 Å². The number of rotatable bonds is 2. The van der Waals surface area contributed by atoms with Crippen molar-refractivity contribution in [3.8, 4) is 0 Å². The Balaban J connectivity index is 0.000000487. The predicted molar refractivity (Wildman–Crippen MR) is 102 cm³/mol. The molecule has 0 N–H and O–H groups in total. The van der Waals surface area contributed by atoms with Crippen molar-refractivity contribution in [2.45, 2.75) is 71.8 Å². The molecule has 5 rings (SSSR count). The van der Waals surface area contributed by atoms with Crippen molar-refractivity contribution in [3.63, 3.8) is 0 Å². The third-order valence-electron chi connectivity index (χ3n) is 6.44. The fraction of sp³-hybridized carbons (Fsp3) is 0.857. The minimum atomic E-state index is 0.107. The van der Waals surface area contributed by atoms with Gasteiger partial charge in [0.2, 0.25) is 5.91 Å². The normalized spacial score (nSPS) is 37.0. The average molecular weight is 335 g/mol. The summed E-state index contributed by atoms with van der Waals surface area (Å²) in [6, 6.07) is 0. The minimum Gasteiger partial charge on any atom is -0.337 e. The van der Waals surface area contributed by atoms with Crippen LogP contribution >= 0.6 is 0 Å². The Labute approximate surface area is 149 Å². The van der Waals surface area contributed by atoms with Crippen LogP contribution in [0.15, 0.2) is 12.7 Å². The molecule has 24 heavy (non-hydrogen) atoms. The lowest BCUT2D eigenvalue weighted by Gasteiger charge is -2.61. The number of hydrogen-bond donors (Lipinski definition) is 0. The quantitative estimate of drug-likeness (QED) is 0.701. The third-order valence-corrected chi connectivity index (χ3v) is 6.44. The summed E-state index contributed by atoms with van der Waals surface area (Å²) >= 11 is 0. The second-order valence-corrected chi connectivity index (χ2v) is 7.66. The van der Waals surface area contributed by atoms with Crippen LogP contribution in [0, 0.1) is 17.8 Å².